The Kier molecular flexibility index (Phi) is 4.71. The van der Waals surface area contributed by atoms with Gasteiger partial charge in [0.2, 0.25) is 0 Å². The minimum absolute atomic E-state index is 0.807. The van der Waals surface area contributed by atoms with Crippen LogP contribution in [0.5, 0.6) is 0 Å². The van der Waals surface area contributed by atoms with Gasteiger partial charge in [-0.25, -0.2) is 0 Å². The summed E-state index contributed by atoms with van der Waals surface area (Å²) in [5, 5.41) is 0. The highest BCUT2D eigenvalue weighted by molar-refractivity contribution is 7.43. The molecule has 0 aromatic heterocycles. The molecule has 0 rings (SSSR count). The van der Waals surface area contributed by atoms with E-state index in [4.69, 9.17) is 0 Å². The minimum atomic E-state index is -5.18. The molecule has 0 fully saturated rings. The Labute approximate surface area is 74.0 Å². The van der Waals surface area contributed by atoms with Crippen LogP contribution in [0.3, 0.4) is 0 Å². The number of rotatable bonds is 5. The van der Waals surface area contributed by atoms with Crippen molar-refractivity contribution in [1.82, 2.24) is 0 Å². The standard InChI is InChI=1S/C3H10O8P2/c1-3(11-13(7,8)9)2-10-12(4,5)6/h3H,2H2,1H3,(H2,4,5,6)(H2,7,8,9)/p-4. The Balaban J connectivity index is 3.84. The average Bonchev–Trinajstić information content (AvgIpc) is 1.78. The lowest BCUT2D eigenvalue weighted by Crippen LogP contribution is -2.26. The average molecular weight is 232 g/mol. The summed E-state index contributed by atoms with van der Waals surface area (Å²) < 4.78 is 27.2. The lowest BCUT2D eigenvalue weighted by atomic mass is 10.5. The van der Waals surface area contributed by atoms with Crippen LogP contribution in [0, 0.1) is 0 Å². The third kappa shape index (κ3) is 10.1. The van der Waals surface area contributed by atoms with Gasteiger partial charge >= 0.3 is 0 Å². The molecule has 13 heavy (non-hydrogen) atoms. The van der Waals surface area contributed by atoms with Gasteiger partial charge in [0, 0.05) is 0 Å². The van der Waals surface area contributed by atoms with Gasteiger partial charge in [0.1, 0.15) is 0 Å². The molecule has 0 spiro atoms. The van der Waals surface area contributed by atoms with Crippen molar-refractivity contribution in [1.29, 1.82) is 0 Å². The van der Waals surface area contributed by atoms with E-state index in [2.05, 4.69) is 9.05 Å². The third-order valence-corrected chi connectivity index (χ3v) is 1.86. The van der Waals surface area contributed by atoms with Crippen molar-refractivity contribution in [3.63, 3.8) is 0 Å². The van der Waals surface area contributed by atoms with Gasteiger partial charge in [-0.1, -0.05) is 0 Å². The smallest absolute Gasteiger partial charge is 0.0836 e. The molecule has 0 N–H and O–H groups in total. The monoisotopic (exact) mass is 232 g/mol. The molecule has 80 valence electrons. The van der Waals surface area contributed by atoms with E-state index in [9.17, 15) is 28.7 Å². The van der Waals surface area contributed by atoms with Crippen molar-refractivity contribution in [3.8, 4) is 0 Å². The Morgan fingerprint density at radius 3 is 1.92 bits per heavy atom. The van der Waals surface area contributed by atoms with E-state index < -0.39 is 28.4 Å². The Bertz CT molecular complexity index is 238. The SMILES string of the molecule is CC(COP(=O)([O-])[O-])OP(=O)([O-])[O-]. The lowest BCUT2D eigenvalue weighted by Gasteiger charge is -2.34. The second kappa shape index (κ2) is 4.63. The first kappa shape index (κ1) is 13.2. The van der Waals surface area contributed by atoms with Crippen LogP contribution in [0.15, 0.2) is 0 Å². The fourth-order valence-corrected chi connectivity index (χ4v) is 1.34. The molecule has 0 aromatic rings. The highest BCUT2D eigenvalue weighted by Gasteiger charge is 2.05. The summed E-state index contributed by atoms with van der Waals surface area (Å²) in [5.41, 5.74) is 0. The maximum absolute atomic E-state index is 9.94. The number of phosphoric ester groups is 2. The molecule has 0 heterocycles. The van der Waals surface area contributed by atoms with Crippen LogP contribution in [0.2, 0.25) is 0 Å². The molecule has 1 atom stereocenters. The molecule has 0 saturated heterocycles. The second-order valence-corrected chi connectivity index (χ2v) is 4.36. The summed E-state index contributed by atoms with van der Waals surface area (Å²) in [5.74, 6) is 0. The van der Waals surface area contributed by atoms with Gasteiger partial charge in [-0.05, 0) is 6.92 Å². The topological polar surface area (TPSA) is 145 Å². The van der Waals surface area contributed by atoms with E-state index in [0.717, 1.165) is 6.92 Å². The van der Waals surface area contributed by atoms with Gasteiger partial charge in [0.15, 0.2) is 0 Å². The van der Waals surface area contributed by atoms with E-state index in [0.29, 0.717) is 0 Å². The first-order valence-corrected chi connectivity index (χ1v) is 5.89. The quantitative estimate of drug-likeness (QED) is 0.457. The van der Waals surface area contributed by atoms with Crippen molar-refractivity contribution in [2.24, 2.45) is 0 Å². The van der Waals surface area contributed by atoms with Gasteiger partial charge in [-0.15, -0.1) is 0 Å². The fraction of sp³-hybridized carbons (Fsp3) is 1.00. The normalized spacial score (nSPS) is 15.8. The van der Waals surface area contributed by atoms with Crippen molar-refractivity contribution >= 4 is 15.6 Å². The molecule has 0 amide bonds. The zero-order valence-electron chi connectivity index (χ0n) is 6.44. The first-order valence-electron chi connectivity index (χ1n) is 2.97. The maximum Gasteiger partial charge on any atom is 0.0836 e. The first-order chi connectivity index (χ1) is 5.60. The van der Waals surface area contributed by atoms with Crippen LogP contribution >= 0.6 is 15.6 Å². The summed E-state index contributed by atoms with van der Waals surface area (Å²) in [6, 6.07) is 0. The number of phosphoric acid groups is 2. The number of hydrogen-bond acceptors (Lipinski definition) is 8. The molecular formula is C3H6O8P2-4. The van der Waals surface area contributed by atoms with Gasteiger partial charge in [-0.2, -0.15) is 0 Å². The molecule has 0 bridgehead atoms. The zero-order valence-corrected chi connectivity index (χ0v) is 8.23. The molecule has 0 radical (unpaired) electrons. The molecular weight excluding hydrogens is 226 g/mol. The van der Waals surface area contributed by atoms with Crippen molar-refractivity contribution in [3.05, 3.63) is 0 Å². The summed E-state index contributed by atoms with van der Waals surface area (Å²) in [4.78, 5) is 39.6. The molecule has 0 aromatic carbocycles. The van der Waals surface area contributed by atoms with Gasteiger partial charge in [0.05, 0.1) is 28.4 Å². The third-order valence-electron chi connectivity index (χ3n) is 0.776. The predicted octanol–water partition coefficient (Wildman–Crippen LogP) is -2.93. The zero-order chi connectivity index (χ0) is 10.7. The van der Waals surface area contributed by atoms with Crippen molar-refractivity contribution < 1.29 is 37.8 Å². The van der Waals surface area contributed by atoms with Crippen LogP contribution in [-0.4, -0.2) is 12.7 Å². The Morgan fingerprint density at radius 1 is 1.15 bits per heavy atom. The molecule has 10 heteroatoms. The van der Waals surface area contributed by atoms with Crippen molar-refractivity contribution in [2.75, 3.05) is 6.61 Å². The lowest BCUT2D eigenvalue weighted by molar-refractivity contribution is -0.352. The predicted molar refractivity (Wildman–Crippen MR) is 31.7 cm³/mol. The minimum Gasteiger partial charge on any atom is -0.790 e. The summed E-state index contributed by atoms with van der Waals surface area (Å²) in [7, 11) is -10.3. The van der Waals surface area contributed by atoms with Crippen LogP contribution in [0.1, 0.15) is 6.92 Å². The summed E-state index contributed by atoms with van der Waals surface area (Å²) in [6.07, 6.45) is -1.31. The second-order valence-electron chi connectivity index (χ2n) is 2.11. The van der Waals surface area contributed by atoms with E-state index in [1.165, 1.54) is 0 Å². The maximum atomic E-state index is 9.94. The van der Waals surface area contributed by atoms with E-state index in [-0.39, 0.29) is 0 Å². The Morgan fingerprint density at radius 2 is 1.62 bits per heavy atom. The van der Waals surface area contributed by atoms with Crippen LogP contribution in [0.4, 0.5) is 0 Å². The molecule has 8 nitrogen and oxygen atoms in total. The van der Waals surface area contributed by atoms with Crippen molar-refractivity contribution in [2.45, 2.75) is 13.0 Å². The van der Waals surface area contributed by atoms with Crippen LogP contribution in [-0.2, 0) is 18.2 Å². The van der Waals surface area contributed by atoms with Gasteiger partial charge < -0.3 is 37.8 Å². The number of hydrogen-bond donors (Lipinski definition) is 0. The van der Waals surface area contributed by atoms with E-state index in [1.54, 1.807) is 0 Å². The van der Waals surface area contributed by atoms with E-state index >= 15 is 0 Å². The van der Waals surface area contributed by atoms with Gasteiger partial charge in [-0.3, -0.25) is 0 Å². The molecule has 0 saturated carbocycles. The molecule has 0 aliphatic rings. The highest BCUT2D eigenvalue weighted by Crippen LogP contribution is 2.30. The summed E-state index contributed by atoms with van der Waals surface area (Å²) in [6.45, 7) is 0.261. The van der Waals surface area contributed by atoms with Gasteiger partial charge in [0.25, 0.3) is 0 Å². The molecule has 0 aliphatic carbocycles. The van der Waals surface area contributed by atoms with E-state index in [1.807, 2.05) is 0 Å². The fourth-order valence-electron chi connectivity index (χ4n) is 0.447. The highest BCUT2D eigenvalue weighted by atomic mass is 31.2. The largest absolute Gasteiger partial charge is 0.790 e. The van der Waals surface area contributed by atoms with Crippen LogP contribution in [0.25, 0.3) is 0 Å². The molecule has 0 aliphatic heterocycles. The Hall–Kier alpha value is 0.220. The van der Waals surface area contributed by atoms with Crippen LogP contribution < -0.4 is 19.6 Å². The summed E-state index contributed by atoms with van der Waals surface area (Å²) >= 11 is 0. The molecule has 1 unspecified atom stereocenters.